The minimum absolute atomic E-state index is 0.602. The quantitative estimate of drug-likeness (QED) is 0.532. The molecule has 0 saturated heterocycles. The Hall–Kier alpha value is -1.11. The zero-order valence-electron chi connectivity index (χ0n) is 6.62. The second kappa shape index (κ2) is 2.50. The summed E-state index contributed by atoms with van der Waals surface area (Å²) >= 11 is 0. The summed E-state index contributed by atoms with van der Waals surface area (Å²) in [6.07, 6.45) is 3.17. The smallest absolute Gasteiger partial charge is 0.0658 e. The Kier molecular flexibility index (Phi) is 1.50. The molecule has 1 atom stereocenters. The number of aliphatic imine (C=N–C) groups is 1. The molecule has 1 aliphatic heterocycles. The molecule has 1 aliphatic rings. The Morgan fingerprint density at radius 3 is 3.09 bits per heavy atom. The van der Waals surface area contributed by atoms with E-state index in [9.17, 15) is 0 Å². The van der Waals surface area contributed by atoms with Crippen molar-refractivity contribution in [2.45, 2.75) is 13.3 Å². The maximum Gasteiger partial charge on any atom is 0.0658 e. The fraction of sp³-hybridized carbons (Fsp3) is 0.300. The van der Waals surface area contributed by atoms with Crippen LogP contribution >= 0.6 is 0 Å². The molecule has 1 heterocycles. The Bertz CT molecular complexity index is 289. The third-order valence-electron chi connectivity index (χ3n) is 2.00. The van der Waals surface area contributed by atoms with Crippen LogP contribution in [0.15, 0.2) is 29.3 Å². The Balaban J connectivity index is 2.46. The van der Waals surface area contributed by atoms with Gasteiger partial charge >= 0.3 is 0 Å². The molecule has 0 saturated carbocycles. The first kappa shape index (κ1) is 6.59. The van der Waals surface area contributed by atoms with Crippen LogP contribution in [-0.2, 0) is 6.42 Å². The van der Waals surface area contributed by atoms with Gasteiger partial charge in [0, 0.05) is 6.21 Å². The lowest BCUT2D eigenvalue weighted by Crippen LogP contribution is -2.05. The van der Waals surface area contributed by atoms with Crippen molar-refractivity contribution in [2.75, 3.05) is 0 Å². The van der Waals surface area contributed by atoms with Gasteiger partial charge in [0.1, 0.15) is 0 Å². The molecule has 2 rings (SSSR count). The lowest BCUT2D eigenvalue weighted by molar-refractivity contribution is 0.771. The molecule has 1 aromatic carbocycles. The van der Waals surface area contributed by atoms with E-state index in [1.54, 1.807) is 0 Å². The highest BCUT2D eigenvalue weighted by Crippen LogP contribution is 2.24. The van der Waals surface area contributed by atoms with E-state index < -0.39 is 0 Å². The summed E-state index contributed by atoms with van der Waals surface area (Å²) in [5.41, 5.74) is 2.52. The number of nitrogens with zero attached hydrogens (tertiary/aromatic N) is 1. The maximum absolute atomic E-state index is 4.35. The first-order valence-corrected chi connectivity index (χ1v) is 3.98. The lowest BCUT2D eigenvalue weighted by atomic mass is 9.98. The molecule has 11 heavy (non-hydrogen) atoms. The van der Waals surface area contributed by atoms with Gasteiger partial charge in [-0.15, -0.1) is 0 Å². The van der Waals surface area contributed by atoms with Gasteiger partial charge in [-0.1, -0.05) is 25.1 Å². The van der Waals surface area contributed by atoms with Gasteiger partial charge in [0.15, 0.2) is 0 Å². The number of fused-ring (bicyclic) bond motifs is 1. The molecule has 0 amide bonds. The van der Waals surface area contributed by atoms with E-state index >= 15 is 0 Å². The predicted molar refractivity (Wildman–Crippen MR) is 47.5 cm³/mol. The van der Waals surface area contributed by atoms with Crippen molar-refractivity contribution in [1.82, 2.24) is 0 Å². The molecule has 0 aromatic heterocycles. The number of rotatable bonds is 0. The van der Waals surface area contributed by atoms with E-state index in [0.717, 1.165) is 12.1 Å². The second-order valence-electron chi connectivity index (χ2n) is 3.09. The van der Waals surface area contributed by atoms with Crippen molar-refractivity contribution in [3.05, 3.63) is 29.8 Å². The van der Waals surface area contributed by atoms with Crippen LogP contribution in [0.1, 0.15) is 12.5 Å². The largest absolute Gasteiger partial charge is 0.261 e. The summed E-state index contributed by atoms with van der Waals surface area (Å²) in [7, 11) is 0. The maximum atomic E-state index is 4.35. The zero-order chi connectivity index (χ0) is 7.68. The standard InChI is InChI=1S/C10H11N/c1-8-6-9-4-2-3-5-10(9)11-7-8/h2-5,7-8H,6H2,1H3. The highest BCUT2D eigenvalue weighted by Gasteiger charge is 2.08. The molecule has 56 valence electrons. The summed E-state index contributed by atoms with van der Waals surface area (Å²) in [5.74, 6) is 0.602. The van der Waals surface area contributed by atoms with Crippen molar-refractivity contribution in [2.24, 2.45) is 10.9 Å². The summed E-state index contributed by atoms with van der Waals surface area (Å²) < 4.78 is 0. The first-order chi connectivity index (χ1) is 5.36. The summed E-state index contributed by atoms with van der Waals surface area (Å²) in [6.45, 7) is 2.19. The van der Waals surface area contributed by atoms with Crippen molar-refractivity contribution in [3.63, 3.8) is 0 Å². The van der Waals surface area contributed by atoms with Gasteiger partial charge in [0.05, 0.1) is 5.69 Å². The molecule has 0 spiro atoms. The van der Waals surface area contributed by atoms with Crippen LogP contribution in [-0.4, -0.2) is 6.21 Å². The lowest BCUT2D eigenvalue weighted by Gasteiger charge is -2.13. The second-order valence-corrected chi connectivity index (χ2v) is 3.09. The third-order valence-corrected chi connectivity index (χ3v) is 2.00. The number of hydrogen-bond acceptors (Lipinski definition) is 1. The van der Waals surface area contributed by atoms with E-state index in [2.05, 4.69) is 30.1 Å². The molecule has 1 aromatic rings. The average molecular weight is 145 g/mol. The van der Waals surface area contributed by atoms with E-state index in [1.807, 2.05) is 12.3 Å². The average Bonchev–Trinajstić information content (AvgIpc) is 2.04. The molecule has 0 bridgehead atoms. The van der Waals surface area contributed by atoms with Crippen molar-refractivity contribution >= 4 is 11.9 Å². The highest BCUT2D eigenvalue weighted by atomic mass is 14.7. The van der Waals surface area contributed by atoms with Gasteiger partial charge in [-0.05, 0) is 24.0 Å². The van der Waals surface area contributed by atoms with Gasteiger partial charge in [0.2, 0.25) is 0 Å². The topological polar surface area (TPSA) is 12.4 Å². The van der Waals surface area contributed by atoms with Crippen molar-refractivity contribution < 1.29 is 0 Å². The summed E-state index contributed by atoms with van der Waals surface area (Å²) in [5, 5.41) is 0. The first-order valence-electron chi connectivity index (χ1n) is 3.98. The van der Waals surface area contributed by atoms with Gasteiger partial charge in [-0.3, -0.25) is 4.99 Å². The molecule has 1 heteroatoms. The molecular formula is C10H11N. The number of benzene rings is 1. The molecule has 1 unspecified atom stereocenters. The molecular weight excluding hydrogens is 134 g/mol. The third kappa shape index (κ3) is 1.18. The van der Waals surface area contributed by atoms with Crippen LogP contribution in [0.3, 0.4) is 0 Å². The fourth-order valence-electron chi connectivity index (χ4n) is 1.42. The highest BCUT2D eigenvalue weighted by molar-refractivity contribution is 5.70. The van der Waals surface area contributed by atoms with E-state index in [4.69, 9.17) is 0 Å². The van der Waals surface area contributed by atoms with Crippen LogP contribution < -0.4 is 0 Å². The van der Waals surface area contributed by atoms with Crippen LogP contribution in [0.4, 0.5) is 5.69 Å². The minimum Gasteiger partial charge on any atom is -0.261 e. The van der Waals surface area contributed by atoms with Crippen molar-refractivity contribution in [3.8, 4) is 0 Å². The van der Waals surface area contributed by atoms with Gasteiger partial charge in [0.25, 0.3) is 0 Å². The van der Waals surface area contributed by atoms with Crippen LogP contribution in [0.5, 0.6) is 0 Å². The molecule has 0 fully saturated rings. The van der Waals surface area contributed by atoms with Gasteiger partial charge in [-0.25, -0.2) is 0 Å². The Labute approximate surface area is 66.8 Å². The molecule has 0 N–H and O–H groups in total. The van der Waals surface area contributed by atoms with E-state index in [0.29, 0.717) is 5.92 Å². The Morgan fingerprint density at radius 1 is 1.36 bits per heavy atom. The van der Waals surface area contributed by atoms with Gasteiger partial charge in [-0.2, -0.15) is 0 Å². The Morgan fingerprint density at radius 2 is 2.18 bits per heavy atom. The predicted octanol–water partition coefficient (Wildman–Crippen LogP) is 2.58. The summed E-state index contributed by atoms with van der Waals surface area (Å²) in [6, 6.07) is 8.33. The SMILES string of the molecule is CC1C=Nc2ccccc2C1. The minimum atomic E-state index is 0.602. The normalized spacial score (nSPS) is 21.4. The molecule has 1 nitrogen and oxygen atoms in total. The molecule has 0 aliphatic carbocycles. The fourth-order valence-corrected chi connectivity index (χ4v) is 1.42. The monoisotopic (exact) mass is 145 g/mol. The van der Waals surface area contributed by atoms with Crippen molar-refractivity contribution in [1.29, 1.82) is 0 Å². The van der Waals surface area contributed by atoms with Crippen LogP contribution in [0.2, 0.25) is 0 Å². The van der Waals surface area contributed by atoms with Crippen LogP contribution in [0, 0.1) is 5.92 Å². The number of para-hydroxylation sites is 1. The summed E-state index contributed by atoms with van der Waals surface area (Å²) in [4.78, 5) is 4.35. The molecule has 0 radical (unpaired) electrons. The van der Waals surface area contributed by atoms with Gasteiger partial charge < -0.3 is 0 Å². The number of hydrogen-bond donors (Lipinski definition) is 0. The van der Waals surface area contributed by atoms with E-state index in [1.165, 1.54) is 5.56 Å². The zero-order valence-corrected chi connectivity index (χ0v) is 6.62. The van der Waals surface area contributed by atoms with Crippen LogP contribution in [0.25, 0.3) is 0 Å². The van der Waals surface area contributed by atoms with E-state index in [-0.39, 0.29) is 0 Å².